The molecule has 1 N–H and O–H groups in total. The third-order valence-corrected chi connectivity index (χ3v) is 2.84. The molecule has 1 aliphatic rings. The smallest absolute Gasteiger partial charge is 0.317 e. The Bertz CT molecular complexity index is 213. The van der Waals surface area contributed by atoms with Gasteiger partial charge in [-0.2, -0.15) is 0 Å². The minimum absolute atomic E-state index is 0.0913. The number of nitrogens with zero attached hydrogens (tertiary/aromatic N) is 1. The maximum absolute atomic E-state index is 11.7. The van der Waals surface area contributed by atoms with Gasteiger partial charge in [-0.1, -0.05) is 13.8 Å². The Kier molecular flexibility index (Phi) is 7.01. The largest absolute Gasteiger partial charge is 0.381 e. The van der Waals surface area contributed by atoms with Crippen LogP contribution in [0.25, 0.3) is 0 Å². The van der Waals surface area contributed by atoms with Crippen LogP contribution in [0.3, 0.4) is 0 Å². The van der Waals surface area contributed by atoms with Crippen LogP contribution >= 0.6 is 0 Å². The topological polar surface area (TPSA) is 41.6 Å². The summed E-state index contributed by atoms with van der Waals surface area (Å²) >= 11 is 0. The van der Waals surface area contributed by atoms with Gasteiger partial charge in [0.05, 0.1) is 0 Å². The fourth-order valence-corrected chi connectivity index (χ4v) is 1.90. The van der Waals surface area contributed by atoms with Gasteiger partial charge in [-0.3, -0.25) is 0 Å². The molecule has 1 fully saturated rings. The van der Waals surface area contributed by atoms with Gasteiger partial charge >= 0.3 is 6.03 Å². The summed E-state index contributed by atoms with van der Waals surface area (Å²) in [4.78, 5) is 13.6. The second-order valence-corrected chi connectivity index (χ2v) is 5.10. The SMILES string of the molecule is CC(C)COCCCNC(=O)N1CCCCC1. The molecule has 0 unspecified atom stereocenters. The Morgan fingerprint density at radius 1 is 1.29 bits per heavy atom. The van der Waals surface area contributed by atoms with Gasteiger partial charge in [0, 0.05) is 32.8 Å². The first-order chi connectivity index (χ1) is 8.20. The van der Waals surface area contributed by atoms with Gasteiger partial charge in [-0.05, 0) is 31.6 Å². The first-order valence-electron chi connectivity index (χ1n) is 6.80. The first-order valence-corrected chi connectivity index (χ1v) is 6.80. The number of likely N-dealkylation sites (tertiary alicyclic amines) is 1. The molecule has 0 bridgehead atoms. The van der Waals surface area contributed by atoms with E-state index in [0.717, 1.165) is 45.6 Å². The summed E-state index contributed by atoms with van der Waals surface area (Å²) in [6.07, 6.45) is 4.44. The van der Waals surface area contributed by atoms with Crippen molar-refractivity contribution in [3.05, 3.63) is 0 Å². The fourth-order valence-electron chi connectivity index (χ4n) is 1.90. The Labute approximate surface area is 105 Å². The predicted octanol–water partition coefficient (Wildman–Crippen LogP) is 2.24. The summed E-state index contributed by atoms with van der Waals surface area (Å²) in [5, 5.41) is 2.95. The van der Waals surface area contributed by atoms with Crippen LogP contribution in [-0.2, 0) is 4.74 Å². The molecule has 0 aliphatic carbocycles. The molecule has 17 heavy (non-hydrogen) atoms. The van der Waals surface area contributed by atoms with Gasteiger partial charge in [-0.25, -0.2) is 4.79 Å². The Morgan fingerprint density at radius 3 is 2.65 bits per heavy atom. The number of carbonyl (C=O) groups excluding carboxylic acids is 1. The monoisotopic (exact) mass is 242 g/mol. The van der Waals surface area contributed by atoms with Crippen LogP contribution in [0.5, 0.6) is 0 Å². The van der Waals surface area contributed by atoms with Crippen molar-refractivity contribution in [2.75, 3.05) is 32.8 Å². The number of rotatable bonds is 6. The van der Waals surface area contributed by atoms with E-state index in [4.69, 9.17) is 4.74 Å². The normalized spacial score (nSPS) is 16.3. The average Bonchev–Trinajstić information content (AvgIpc) is 2.34. The van der Waals surface area contributed by atoms with Crippen LogP contribution in [0, 0.1) is 5.92 Å². The zero-order valence-electron chi connectivity index (χ0n) is 11.2. The number of amides is 2. The van der Waals surface area contributed by atoms with Gasteiger partial charge in [0.15, 0.2) is 0 Å². The highest BCUT2D eigenvalue weighted by molar-refractivity contribution is 5.74. The van der Waals surface area contributed by atoms with E-state index < -0.39 is 0 Å². The molecule has 0 atom stereocenters. The van der Waals surface area contributed by atoms with Crippen molar-refractivity contribution in [1.29, 1.82) is 0 Å². The summed E-state index contributed by atoms with van der Waals surface area (Å²) < 4.78 is 5.46. The molecule has 0 aromatic carbocycles. The lowest BCUT2D eigenvalue weighted by Crippen LogP contribution is -2.43. The zero-order chi connectivity index (χ0) is 12.5. The minimum Gasteiger partial charge on any atom is -0.381 e. The molecule has 0 spiro atoms. The molecular weight excluding hydrogens is 216 g/mol. The van der Waals surface area contributed by atoms with E-state index in [0.29, 0.717) is 12.5 Å². The quantitative estimate of drug-likeness (QED) is 0.726. The predicted molar refractivity (Wildman–Crippen MR) is 69.1 cm³/mol. The van der Waals surface area contributed by atoms with E-state index in [1.54, 1.807) is 0 Å². The van der Waals surface area contributed by atoms with Crippen molar-refractivity contribution in [2.45, 2.75) is 39.5 Å². The Hall–Kier alpha value is -0.770. The average molecular weight is 242 g/mol. The van der Waals surface area contributed by atoms with E-state index >= 15 is 0 Å². The molecule has 4 heteroatoms. The summed E-state index contributed by atoms with van der Waals surface area (Å²) in [6, 6.07) is 0.0913. The van der Waals surface area contributed by atoms with Gasteiger partial charge in [0.2, 0.25) is 0 Å². The highest BCUT2D eigenvalue weighted by Gasteiger charge is 2.15. The van der Waals surface area contributed by atoms with E-state index in [1.807, 2.05) is 4.90 Å². The van der Waals surface area contributed by atoms with E-state index in [1.165, 1.54) is 6.42 Å². The van der Waals surface area contributed by atoms with Gasteiger partial charge < -0.3 is 15.0 Å². The standard InChI is InChI=1S/C13H26N2O2/c1-12(2)11-17-10-6-7-14-13(16)15-8-4-3-5-9-15/h12H,3-11H2,1-2H3,(H,14,16). The van der Waals surface area contributed by atoms with Crippen molar-refractivity contribution in [2.24, 2.45) is 5.92 Å². The van der Waals surface area contributed by atoms with Crippen LogP contribution in [-0.4, -0.2) is 43.8 Å². The molecule has 2 amide bonds. The van der Waals surface area contributed by atoms with Crippen LogP contribution in [0.2, 0.25) is 0 Å². The van der Waals surface area contributed by atoms with Crippen molar-refractivity contribution in [3.8, 4) is 0 Å². The second kappa shape index (κ2) is 8.34. The van der Waals surface area contributed by atoms with E-state index in [2.05, 4.69) is 19.2 Å². The van der Waals surface area contributed by atoms with Crippen molar-refractivity contribution < 1.29 is 9.53 Å². The third-order valence-electron chi connectivity index (χ3n) is 2.84. The number of hydrogen-bond acceptors (Lipinski definition) is 2. The lowest BCUT2D eigenvalue weighted by Gasteiger charge is -2.26. The molecule has 1 saturated heterocycles. The molecule has 1 aliphatic heterocycles. The Morgan fingerprint density at radius 2 is 2.00 bits per heavy atom. The molecule has 1 heterocycles. The number of ether oxygens (including phenoxy) is 1. The molecule has 1 rings (SSSR count). The number of nitrogens with one attached hydrogen (secondary N) is 1. The molecule has 100 valence electrons. The number of hydrogen-bond donors (Lipinski definition) is 1. The molecule has 4 nitrogen and oxygen atoms in total. The van der Waals surface area contributed by atoms with Crippen molar-refractivity contribution in [3.63, 3.8) is 0 Å². The highest BCUT2D eigenvalue weighted by Crippen LogP contribution is 2.08. The first kappa shape index (κ1) is 14.3. The summed E-state index contributed by atoms with van der Waals surface area (Å²) in [6.45, 7) is 8.35. The highest BCUT2D eigenvalue weighted by atomic mass is 16.5. The van der Waals surface area contributed by atoms with Crippen LogP contribution in [0.15, 0.2) is 0 Å². The maximum atomic E-state index is 11.7. The third kappa shape index (κ3) is 6.51. The Balaban J connectivity index is 1.96. The van der Waals surface area contributed by atoms with Gasteiger partial charge in [0.1, 0.15) is 0 Å². The van der Waals surface area contributed by atoms with Crippen LogP contribution in [0.4, 0.5) is 4.79 Å². The molecule has 0 saturated carbocycles. The molecule has 0 aromatic heterocycles. The van der Waals surface area contributed by atoms with Gasteiger partial charge in [-0.15, -0.1) is 0 Å². The molecular formula is C13H26N2O2. The molecule has 0 aromatic rings. The lowest BCUT2D eigenvalue weighted by molar-refractivity contribution is 0.107. The van der Waals surface area contributed by atoms with Gasteiger partial charge in [0.25, 0.3) is 0 Å². The summed E-state index contributed by atoms with van der Waals surface area (Å²) in [5.41, 5.74) is 0. The lowest BCUT2D eigenvalue weighted by atomic mass is 10.1. The maximum Gasteiger partial charge on any atom is 0.317 e. The fraction of sp³-hybridized carbons (Fsp3) is 0.923. The van der Waals surface area contributed by atoms with E-state index in [-0.39, 0.29) is 6.03 Å². The summed E-state index contributed by atoms with van der Waals surface area (Å²) in [5.74, 6) is 0.581. The van der Waals surface area contributed by atoms with Crippen LogP contribution < -0.4 is 5.32 Å². The van der Waals surface area contributed by atoms with Crippen molar-refractivity contribution in [1.82, 2.24) is 10.2 Å². The number of piperidine rings is 1. The minimum atomic E-state index is 0.0913. The number of carbonyl (C=O) groups is 1. The molecule has 0 radical (unpaired) electrons. The van der Waals surface area contributed by atoms with Crippen LogP contribution in [0.1, 0.15) is 39.5 Å². The van der Waals surface area contributed by atoms with Crippen molar-refractivity contribution >= 4 is 6.03 Å². The van der Waals surface area contributed by atoms with E-state index in [9.17, 15) is 4.79 Å². The second-order valence-electron chi connectivity index (χ2n) is 5.10. The summed E-state index contributed by atoms with van der Waals surface area (Å²) in [7, 11) is 0. The number of urea groups is 1. The zero-order valence-corrected chi connectivity index (χ0v) is 11.2.